The van der Waals surface area contributed by atoms with E-state index >= 15 is 0 Å². The molecule has 78 valence electrons. The molecule has 1 fully saturated rings. The van der Waals surface area contributed by atoms with E-state index in [9.17, 15) is 13.2 Å². The van der Waals surface area contributed by atoms with E-state index in [2.05, 4.69) is 0 Å². The number of alkyl halides is 3. The number of halogens is 3. The monoisotopic (exact) mass is 197 g/mol. The van der Waals surface area contributed by atoms with Gasteiger partial charge in [-0.3, -0.25) is 0 Å². The molecule has 1 saturated carbocycles. The molecule has 5 heteroatoms. The molecule has 0 heterocycles. The van der Waals surface area contributed by atoms with Crippen molar-refractivity contribution in [1.82, 2.24) is 0 Å². The van der Waals surface area contributed by atoms with Crippen LogP contribution in [0.1, 0.15) is 25.7 Å². The summed E-state index contributed by atoms with van der Waals surface area (Å²) in [4.78, 5) is 0. The molecule has 3 N–H and O–H groups in total. The summed E-state index contributed by atoms with van der Waals surface area (Å²) in [6.07, 6.45) is -1.85. The summed E-state index contributed by atoms with van der Waals surface area (Å²) >= 11 is 0. The predicted octanol–water partition coefficient (Wildman–Crippen LogP) is 1.22. The van der Waals surface area contributed by atoms with Gasteiger partial charge in [-0.15, -0.1) is 0 Å². The Kier molecular flexibility index (Phi) is 2.87. The quantitative estimate of drug-likeness (QED) is 0.714. The van der Waals surface area contributed by atoms with E-state index in [1.165, 1.54) is 0 Å². The standard InChI is InChI=1S/C8H14F3NO/c9-4-6(13)3-7(12)1-2-8(10,11)5-7/h6,13H,1-5,12H2. The van der Waals surface area contributed by atoms with Gasteiger partial charge in [0.25, 0.3) is 0 Å². The molecule has 1 aliphatic rings. The van der Waals surface area contributed by atoms with Crippen molar-refractivity contribution in [3.63, 3.8) is 0 Å². The van der Waals surface area contributed by atoms with Crippen molar-refractivity contribution in [3.05, 3.63) is 0 Å². The number of nitrogens with two attached hydrogens (primary N) is 1. The predicted molar refractivity (Wildman–Crippen MR) is 42.3 cm³/mol. The zero-order valence-electron chi connectivity index (χ0n) is 7.27. The van der Waals surface area contributed by atoms with Gasteiger partial charge in [-0.25, -0.2) is 13.2 Å². The molecule has 0 spiro atoms. The smallest absolute Gasteiger partial charge is 0.250 e. The van der Waals surface area contributed by atoms with Crippen molar-refractivity contribution in [1.29, 1.82) is 0 Å². The van der Waals surface area contributed by atoms with Gasteiger partial charge in [-0.05, 0) is 12.8 Å². The van der Waals surface area contributed by atoms with Crippen molar-refractivity contribution in [3.8, 4) is 0 Å². The number of hydrogen-bond donors (Lipinski definition) is 2. The largest absolute Gasteiger partial charge is 0.390 e. The van der Waals surface area contributed by atoms with Crippen molar-refractivity contribution in [2.75, 3.05) is 6.67 Å². The van der Waals surface area contributed by atoms with E-state index in [-0.39, 0.29) is 19.3 Å². The molecular weight excluding hydrogens is 183 g/mol. The summed E-state index contributed by atoms with van der Waals surface area (Å²) < 4.78 is 37.4. The van der Waals surface area contributed by atoms with Gasteiger partial charge in [0, 0.05) is 18.4 Å². The maximum absolute atomic E-state index is 12.7. The van der Waals surface area contributed by atoms with Crippen molar-refractivity contribution >= 4 is 0 Å². The molecule has 0 aromatic carbocycles. The molecule has 1 rings (SSSR count). The maximum atomic E-state index is 12.7. The number of aliphatic hydroxyl groups is 1. The summed E-state index contributed by atoms with van der Waals surface area (Å²) in [5.74, 6) is -2.75. The van der Waals surface area contributed by atoms with Crippen molar-refractivity contribution in [2.24, 2.45) is 5.73 Å². The highest BCUT2D eigenvalue weighted by Gasteiger charge is 2.47. The van der Waals surface area contributed by atoms with E-state index in [1.54, 1.807) is 0 Å². The lowest BCUT2D eigenvalue weighted by Crippen LogP contribution is -2.42. The van der Waals surface area contributed by atoms with Gasteiger partial charge in [0.05, 0.1) is 6.10 Å². The van der Waals surface area contributed by atoms with E-state index in [0.29, 0.717) is 0 Å². The highest BCUT2D eigenvalue weighted by molar-refractivity contribution is 4.98. The van der Waals surface area contributed by atoms with Crippen LogP contribution < -0.4 is 5.73 Å². The second-order valence-corrected chi connectivity index (χ2v) is 3.91. The number of rotatable bonds is 3. The first kappa shape index (κ1) is 10.8. The Hall–Kier alpha value is -0.290. The molecule has 13 heavy (non-hydrogen) atoms. The number of aliphatic hydroxyl groups excluding tert-OH is 1. The average Bonchev–Trinajstić information content (AvgIpc) is 2.25. The molecule has 0 saturated heterocycles. The fourth-order valence-corrected chi connectivity index (χ4v) is 1.82. The molecule has 2 atom stereocenters. The summed E-state index contributed by atoms with van der Waals surface area (Å²) in [5.41, 5.74) is 4.52. The molecule has 0 aliphatic heterocycles. The third-order valence-corrected chi connectivity index (χ3v) is 2.42. The minimum Gasteiger partial charge on any atom is -0.390 e. The summed E-state index contributed by atoms with van der Waals surface area (Å²) in [5, 5.41) is 8.95. The second kappa shape index (κ2) is 3.46. The van der Waals surface area contributed by atoms with Gasteiger partial charge in [0.2, 0.25) is 5.92 Å². The zero-order valence-corrected chi connectivity index (χ0v) is 7.27. The molecule has 0 radical (unpaired) electrons. The molecule has 1 aliphatic carbocycles. The van der Waals surface area contributed by atoms with Gasteiger partial charge in [0.15, 0.2) is 0 Å². The van der Waals surface area contributed by atoms with E-state index < -0.39 is 30.7 Å². The van der Waals surface area contributed by atoms with Crippen LogP contribution >= 0.6 is 0 Å². The molecular formula is C8H14F3NO. The Morgan fingerprint density at radius 2 is 2.00 bits per heavy atom. The zero-order chi connectivity index (χ0) is 10.1. The molecule has 2 unspecified atom stereocenters. The van der Waals surface area contributed by atoms with E-state index in [4.69, 9.17) is 10.8 Å². The van der Waals surface area contributed by atoms with Crippen LogP contribution in [0.3, 0.4) is 0 Å². The molecule has 0 amide bonds. The first-order valence-corrected chi connectivity index (χ1v) is 4.28. The van der Waals surface area contributed by atoms with Crippen LogP contribution in [-0.2, 0) is 0 Å². The van der Waals surface area contributed by atoms with Crippen LogP contribution in [0.25, 0.3) is 0 Å². The topological polar surface area (TPSA) is 46.2 Å². The second-order valence-electron chi connectivity index (χ2n) is 3.91. The highest BCUT2D eigenvalue weighted by atomic mass is 19.3. The lowest BCUT2D eigenvalue weighted by Gasteiger charge is -2.25. The van der Waals surface area contributed by atoms with E-state index in [1.807, 2.05) is 0 Å². The fourth-order valence-electron chi connectivity index (χ4n) is 1.82. The Bertz CT molecular complexity index is 188. The minimum atomic E-state index is -2.75. The lowest BCUT2D eigenvalue weighted by molar-refractivity contribution is -0.000768. The van der Waals surface area contributed by atoms with Crippen LogP contribution in [0, 0.1) is 0 Å². The number of hydrogen-bond acceptors (Lipinski definition) is 2. The molecule has 2 nitrogen and oxygen atoms in total. The SMILES string of the molecule is NC1(CC(O)CF)CCC(F)(F)C1. The normalized spacial score (nSPS) is 34.8. The van der Waals surface area contributed by atoms with Crippen LogP contribution in [0.15, 0.2) is 0 Å². The Balaban J connectivity index is 2.50. The summed E-state index contributed by atoms with van der Waals surface area (Å²) in [6.45, 7) is -0.926. The maximum Gasteiger partial charge on any atom is 0.250 e. The first-order valence-electron chi connectivity index (χ1n) is 4.28. The van der Waals surface area contributed by atoms with Crippen LogP contribution in [-0.4, -0.2) is 29.3 Å². The molecule has 0 aromatic rings. The van der Waals surface area contributed by atoms with Gasteiger partial charge in [-0.2, -0.15) is 0 Å². The van der Waals surface area contributed by atoms with Gasteiger partial charge >= 0.3 is 0 Å². The Morgan fingerprint density at radius 3 is 2.38 bits per heavy atom. The van der Waals surface area contributed by atoms with E-state index in [0.717, 1.165) is 0 Å². The fraction of sp³-hybridized carbons (Fsp3) is 1.00. The third-order valence-electron chi connectivity index (χ3n) is 2.42. The summed E-state index contributed by atoms with van der Waals surface area (Å²) in [7, 11) is 0. The Labute approximate surface area is 74.9 Å². The minimum absolute atomic E-state index is 0.0842. The molecule has 0 bridgehead atoms. The van der Waals surface area contributed by atoms with Crippen molar-refractivity contribution < 1.29 is 18.3 Å². The van der Waals surface area contributed by atoms with Crippen LogP contribution in [0.4, 0.5) is 13.2 Å². The van der Waals surface area contributed by atoms with Gasteiger partial charge < -0.3 is 10.8 Å². The Morgan fingerprint density at radius 1 is 1.38 bits per heavy atom. The first-order chi connectivity index (χ1) is 5.87. The van der Waals surface area contributed by atoms with Gasteiger partial charge in [0.1, 0.15) is 6.67 Å². The summed E-state index contributed by atoms with van der Waals surface area (Å²) in [6, 6.07) is 0. The van der Waals surface area contributed by atoms with Crippen LogP contribution in [0.5, 0.6) is 0 Å². The van der Waals surface area contributed by atoms with Gasteiger partial charge in [-0.1, -0.05) is 0 Å². The average molecular weight is 197 g/mol. The highest BCUT2D eigenvalue weighted by Crippen LogP contribution is 2.42. The molecule has 0 aromatic heterocycles. The third kappa shape index (κ3) is 2.84. The van der Waals surface area contributed by atoms with Crippen molar-refractivity contribution in [2.45, 2.75) is 43.2 Å². The lowest BCUT2D eigenvalue weighted by atomic mass is 9.92. The van der Waals surface area contributed by atoms with Crippen LogP contribution in [0.2, 0.25) is 0 Å².